The van der Waals surface area contributed by atoms with Crippen molar-refractivity contribution in [2.45, 2.75) is 52.5 Å². The lowest BCUT2D eigenvalue weighted by Crippen LogP contribution is -2.41. The standard InChI is InChI=1S/C17H27NOS/c1-4-15(13-12-14-10-8-7-9-11-14)16(5-2)18(6-3)17(19)20/h7-11,15-16H,4-6,12-13H2,1-3H3,(H,19,20). The van der Waals surface area contributed by atoms with Gasteiger partial charge in [0.2, 0.25) is 0 Å². The maximum Gasteiger partial charge on any atom is 0.278 e. The van der Waals surface area contributed by atoms with Gasteiger partial charge in [0.1, 0.15) is 0 Å². The van der Waals surface area contributed by atoms with Crippen LogP contribution in [0.5, 0.6) is 0 Å². The minimum atomic E-state index is -0.0995. The Morgan fingerprint density at radius 3 is 2.25 bits per heavy atom. The number of rotatable bonds is 8. The summed E-state index contributed by atoms with van der Waals surface area (Å²) >= 11 is 4.02. The molecular formula is C17H27NOS. The van der Waals surface area contributed by atoms with Gasteiger partial charge in [-0.3, -0.25) is 4.79 Å². The van der Waals surface area contributed by atoms with Crippen LogP contribution in [0, 0.1) is 5.92 Å². The first kappa shape index (κ1) is 17.1. The highest BCUT2D eigenvalue weighted by Crippen LogP contribution is 2.24. The van der Waals surface area contributed by atoms with Crippen LogP contribution >= 0.6 is 12.6 Å². The molecule has 0 spiro atoms. The molecule has 0 fully saturated rings. The van der Waals surface area contributed by atoms with Gasteiger partial charge < -0.3 is 4.90 Å². The first-order chi connectivity index (χ1) is 9.63. The molecule has 0 aliphatic carbocycles. The molecule has 0 saturated carbocycles. The summed E-state index contributed by atoms with van der Waals surface area (Å²) in [5.74, 6) is 0.538. The Morgan fingerprint density at radius 2 is 1.80 bits per heavy atom. The van der Waals surface area contributed by atoms with E-state index in [4.69, 9.17) is 0 Å². The van der Waals surface area contributed by atoms with Crippen molar-refractivity contribution in [1.29, 1.82) is 0 Å². The van der Waals surface area contributed by atoms with Gasteiger partial charge in [-0.2, -0.15) is 0 Å². The van der Waals surface area contributed by atoms with Crippen LogP contribution in [0.3, 0.4) is 0 Å². The van der Waals surface area contributed by atoms with Crippen LogP contribution < -0.4 is 0 Å². The zero-order chi connectivity index (χ0) is 15.0. The number of hydrogen-bond acceptors (Lipinski definition) is 1. The highest BCUT2D eigenvalue weighted by Gasteiger charge is 2.25. The number of carbonyl (C=O) groups excluding carboxylic acids is 1. The summed E-state index contributed by atoms with van der Waals surface area (Å²) in [5, 5.41) is -0.0995. The van der Waals surface area contributed by atoms with Crippen LogP contribution in [0.1, 0.15) is 45.6 Å². The molecule has 1 amide bonds. The second-order valence-electron chi connectivity index (χ2n) is 5.24. The van der Waals surface area contributed by atoms with Crippen molar-refractivity contribution in [3.05, 3.63) is 35.9 Å². The topological polar surface area (TPSA) is 20.3 Å². The lowest BCUT2D eigenvalue weighted by atomic mass is 9.88. The van der Waals surface area contributed by atoms with E-state index in [1.165, 1.54) is 5.56 Å². The van der Waals surface area contributed by atoms with Crippen molar-refractivity contribution in [2.75, 3.05) is 6.54 Å². The molecule has 0 aliphatic rings. The molecule has 0 aliphatic heterocycles. The van der Waals surface area contributed by atoms with Crippen molar-refractivity contribution < 1.29 is 4.79 Å². The number of benzene rings is 1. The molecule has 0 bridgehead atoms. The molecule has 0 aromatic heterocycles. The van der Waals surface area contributed by atoms with Gasteiger partial charge in [-0.25, -0.2) is 0 Å². The third-order valence-electron chi connectivity index (χ3n) is 4.12. The van der Waals surface area contributed by atoms with Crippen LogP contribution in [-0.4, -0.2) is 22.7 Å². The zero-order valence-electron chi connectivity index (χ0n) is 12.9. The number of thiol groups is 1. The zero-order valence-corrected chi connectivity index (χ0v) is 13.8. The fraction of sp³-hybridized carbons (Fsp3) is 0.588. The summed E-state index contributed by atoms with van der Waals surface area (Å²) in [4.78, 5) is 13.6. The van der Waals surface area contributed by atoms with Gasteiger partial charge in [0.15, 0.2) is 0 Å². The predicted molar refractivity (Wildman–Crippen MR) is 89.4 cm³/mol. The summed E-state index contributed by atoms with van der Waals surface area (Å²) in [7, 11) is 0. The average Bonchev–Trinajstić information content (AvgIpc) is 2.47. The normalized spacial score (nSPS) is 13.8. The molecule has 20 heavy (non-hydrogen) atoms. The van der Waals surface area contributed by atoms with E-state index in [1.54, 1.807) is 0 Å². The van der Waals surface area contributed by atoms with E-state index in [1.807, 2.05) is 17.9 Å². The van der Waals surface area contributed by atoms with Crippen LogP contribution in [0.25, 0.3) is 0 Å². The van der Waals surface area contributed by atoms with Crippen molar-refractivity contribution in [3.8, 4) is 0 Å². The molecule has 2 unspecified atom stereocenters. The third kappa shape index (κ3) is 4.86. The van der Waals surface area contributed by atoms with E-state index < -0.39 is 0 Å². The van der Waals surface area contributed by atoms with Gasteiger partial charge in [-0.1, -0.05) is 63.2 Å². The van der Waals surface area contributed by atoms with Crippen LogP contribution in [0.4, 0.5) is 4.79 Å². The van der Waals surface area contributed by atoms with Gasteiger partial charge in [-0.15, -0.1) is 0 Å². The van der Waals surface area contributed by atoms with Gasteiger partial charge in [0.05, 0.1) is 0 Å². The Balaban J connectivity index is 2.69. The Hall–Kier alpha value is -0.960. The number of amides is 1. The molecule has 1 rings (SSSR count). The maximum absolute atomic E-state index is 11.7. The van der Waals surface area contributed by atoms with Crippen molar-refractivity contribution in [2.24, 2.45) is 5.92 Å². The average molecular weight is 293 g/mol. The molecule has 2 atom stereocenters. The molecule has 0 radical (unpaired) electrons. The molecule has 3 heteroatoms. The lowest BCUT2D eigenvalue weighted by molar-refractivity contribution is 0.162. The Morgan fingerprint density at radius 1 is 1.15 bits per heavy atom. The highest BCUT2D eigenvalue weighted by molar-refractivity contribution is 7.96. The molecule has 0 saturated heterocycles. The van der Waals surface area contributed by atoms with Crippen LogP contribution in [0.15, 0.2) is 30.3 Å². The molecule has 1 aromatic carbocycles. The number of carbonyl (C=O) groups is 1. The molecule has 0 N–H and O–H groups in total. The van der Waals surface area contributed by atoms with Crippen molar-refractivity contribution in [3.63, 3.8) is 0 Å². The highest BCUT2D eigenvalue weighted by atomic mass is 32.1. The molecule has 2 nitrogen and oxygen atoms in total. The summed E-state index contributed by atoms with van der Waals surface area (Å²) in [6, 6.07) is 10.9. The minimum Gasteiger partial charge on any atom is -0.331 e. The third-order valence-corrected chi connectivity index (χ3v) is 4.38. The van der Waals surface area contributed by atoms with E-state index in [2.05, 4.69) is 50.7 Å². The fourth-order valence-corrected chi connectivity index (χ4v) is 3.27. The number of aryl methyl sites for hydroxylation is 1. The molecule has 112 valence electrons. The molecule has 0 heterocycles. The first-order valence-electron chi connectivity index (χ1n) is 7.67. The monoisotopic (exact) mass is 293 g/mol. The second kappa shape index (κ2) is 9.06. The van der Waals surface area contributed by atoms with Gasteiger partial charge >= 0.3 is 0 Å². The molecular weight excluding hydrogens is 266 g/mol. The van der Waals surface area contributed by atoms with Crippen molar-refractivity contribution >= 4 is 17.9 Å². The summed E-state index contributed by atoms with van der Waals surface area (Å²) in [6.07, 6.45) is 4.29. The van der Waals surface area contributed by atoms with E-state index in [0.29, 0.717) is 12.0 Å². The summed E-state index contributed by atoms with van der Waals surface area (Å²) in [6.45, 7) is 7.15. The first-order valence-corrected chi connectivity index (χ1v) is 8.12. The van der Waals surface area contributed by atoms with Crippen molar-refractivity contribution in [1.82, 2.24) is 4.90 Å². The van der Waals surface area contributed by atoms with E-state index in [-0.39, 0.29) is 5.24 Å². The number of hydrogen-bond donors (Lipinski definition) is 1. The fourth-order valence-electron chi connectivity index (χ4n) is 2.99. The Labute approximate surface area is 129 Å². The smallest absolute Gasteiger partial charge is 0.278 e. The largest absolute Gasteiger partial charge is 0.331 e. The summed E-state index contributed by atoms with van der Waals surface area (Å²) in [5.41, 5.74) is 1.38. The van der Waals surface area contributed by atoms with Crippen LogP contribution in [-0.2, 0) is 6.42 Å². The SMILES string of the molecule is CCC(CCc1ccccc1)C(CC)N(CC)C(=O)S. The Bertz CT molecular complexity index is 393. The Kier molecular flexibility index (Phi) is 7.75. The van der Waals surface area contributed by atoms with Crippen LogP contribution in [0.2, 0.25) is 0 Å². The number of nitrogens with zero attached hydrogens (tertiary/aromatic N) is 1. The maximum atomic E-state index is 11.7. The quantitative estimate of drug-likeness (QED) is 0.683. The predicted octanol–water partition coefficient (Wildman–Crippen LogP) is 4.80. The summed E-state index contributed by atoms with van der Waals surface area (Å²) < 4.78 is 0. The molecule has 1 aromatic rings. The van der Waals surface area contributed by atoms with Gasteiger partial charge in [-0.05, 0) is 37.7 Å². The second-order valence-corrected chi connectivity index (χ2v) is 5.62. The van der Waals surface area contributed by atoms with E-state index in [9.17, 15) is 4.79 Å². The minimum absolute atomic E-state index is 0.0995. The lowest BCUT2D eigenvalue weighted by Gasteiger charge is -2.35. The van der Waals surface area contributed by atoms with E-state index in [0.717, 1.165) is 32.2 Å². The van der Waals surface area contributed by atoms with E-state index >= 15 is 0 Å². The van der Waals surface area contributed by atoms with Gasteiger partial charge in [0.25, 0.3) is 5.24 Å². The van der Waals surface area contributed by atoms with Gasteiger partial charge in [0, 0.05) is 12.6 Å².